The summed E-state index contributed by atoms with van der Waals surface area (Å²) in [6.45, 7) is 0.385. The standard InChI is InChI=1S/C9H14F2N2O/c1-13-4-2-3-7(13)5-12-6-8(14)9(10)11/h2-4,8-9,12,14H,5-6H2,1H3. The van der Waals surface area contributed by atoms with Crippen LogP contribution in [0.5, 0.6) is 0 Å². The molecule has 0 aliphatic carbocycles. The summed E-state index contributed by atoms with van der Waals surface area (Å²) >= 11 is 0. The van der Waals surface area contributed by atoms with Crippen LogP contribution in [-0.2, 0) is 13.6 Å². The quantitative estimate of drug-likeness (QED) is 0.742. The number of halogens is 2. The summed E-state index contributed by atoms with van der Waals surface area (Å²) in [5.74, 6) is 0. The van der Waals surface area contributed by atoms with Crippen LogP contribution in [0.4, 0.5) is 8.78 Å². The summed E-state index contributed by atoms with van der Waals surface area (Å²) in [5, 5.41) is 11.6. The van der Waals surface area contributed by atoms with Gasteiger partial charge in [-0.25, -0.2) is 8.78 Å². The number of aryl methyl sites for hydroxylation is 1. The van der Waals surface area contributed by atoms with Crippen LogP contribution in [0, 0.1) is 0 Å². The van der Waals surface area contributed by atoms with Crippen LogP contribution in [0.3, 0.4) is 0 Å². The Morgan fingerprint density at radius 1 is 1.57 bits per heavy atom. The highest BCUT2D eigenvalue weighted by Gasteiger charge is 2.15. The molecule has 2 N–H and O–H groups in total. The van der Waals surface area contributed by atoms with Gasteiger partial charge in [0.15, 0.2) is 0 Å². The van der Waals surface area contributed by atoms with Gasteiger partial charge in [0.05, 0.1) is 0 Å². The van der Waals surface area contributed by atoms with E-state index >= 15 is 0 Å². The Balaban J connectivity index is 2.25. The maximum Gasteiger partial charge on any atom is 0.265 e. The Bertz CT molecular complexity index is 276. The monoisotopic (exact) mass is 204 g/mol. The number of hydrogen-bond acceptors (Lipinski definition) is 2. The van der Waals surface area contributed by atoms with Gasteiger partial charge in [0, 0.05) is 32.0 Å². The van der Waals surface area contributed by atoms with Crippen molar-refractivity contribution in [2.45, 2.75) is 19.1 Å². The van der Waals surface area contributed by atoms with Crippen molar-refractivity contribution >= 4 is 0 Å². The van der Waals surface area contributed by atoms with Gasteiger partial charge in [0.25, 0.3) is 6.43 Å². The minimum Gasteiger partial charge on any atom is -0.386 e. The Labute approximate surface area is 81.4 Å². The molecule has 0 fully saturated rings. The van der Waals surface area contributed by atoms with Gasteiger partial charge in [-0.3, -0.25) is 0 Å². The van der Waals surface area contributed by atoms with E-state index in [9.17, 15) is 8.78 Å². The molecule has 1 heterocycles. The maximum absolute atomic E-state index is 11.9. The molecule has 0 bridgehead atoms. The lowest BCUT2D eigenvalue weighted by Crippen LogP contribution is -2.32. The third kappa shape index (κ3) is 3.08. The Hall–Kier alpha value is -0.940. The molecule has 1 rings (SSSR count). The number of rotatable bonds is 5. The molecule has 0 aromatic carbocycles. The van der Waals surface area contributed by atoms with Gasteiger partial charge in [-0.1, -0.05) is 0 Å². The second kappa shape index (κ2) is 5.07. The molecule has 80 valence electrons. The normalized spacial score (nSPS) is 13.5. The number of alkyl halides is 2. The van der Waals surface area contributed by atoms with Gasteiger partial charge < -0.3 is 15.0 Å². The minimum atomic E-state index is -2.68. The highest BCUT2D eigenvalue weighted by atomic mass is 19.3. The van der Waals surface area contributed by atoms with E-state index < -0.39 is 12.5 Å². The molecule has 1 unspecified atom stereocenters. The average Bonchev–Trinajstić information content (AvgIpc) is 2.51. The molecule has 0 saturated carbocycles. The first-order valence-corrected chi connectivity index (χ1v) is 4.38. The molecule has 3 nitrogen and oxygen atoms in total. The zero-order valence-corrected chi connectivity index (χ0v) is 7.95. The fourth-order valence-corrected chi connectivity index (χ4v) is 1.12. The second-order valence-corrected chi connectivity index (χ2v) is 3.14. The molecule has 0 amide bonds. The Morgan fingerprint density at radius 2 is 2.29 bits per heavy atom. The molecule has 5 heteroatoms. The fourth-order valence-electron chi connectivity index (χ4n) is 1.12. The van der Waals surface area contributed by atoms with Crippen molar-refractivity contribution in [3.8, 4) is 0 Å². The SMILES string of the molecule is Cn1cccc1CNCC(O)C(F)F. The molecule has 1 atom stereocenters. The topological polar surface area (TPSA) is 37.2 Å². The lowest BCUT2D eigenvalue weighted by Gasteiger charge is -2.10. The van der Waals surface area contributed by atoms with Crippen molar-refractivity contribution in [1.29, 1.82) is 0 Å². The van der Waals surface area contributed by atoms with E-state index in [1.165, 1.54) is 0 Å². The van der Waals surface area contributed by atoms with Crippen LogP contribution in [0.25, 0.3) is 0 Å². The number of aliphatic hydroxyl groups is 1. The average molecular weight is 204 g/mol. The zero-order chi connectivity index (χ0) is 10.6. The molecular weight excluding hydrogens is 190 g/mol. The van der Waals surface area contributed by atoms with E-state index in [-0.39, 0.29) is 6.54 Å². The molecule has 0 aliphatic rings. The molecule has 1 aromatic rings. The van der Waals surface area contributed by atoms with Crippen molar-refractivity contribution in [2.24, 2.45) is 7.05 Å². The van der Waals surface area contributed by atoms with Gasteiger partial charge in [-0.2, -0.15) is 0 Å². The molecule has 0 saturated heterocycles. The first kappa shape index (κ1) is 11.1. The van der Waals surface area contributed by atoms with Gasteiger partial charge in [0.2, 0.25) is 0 Å². The second-order valence-electron chi connectivity index (χ2n) is 3.14. The summed E-state index contributed by atoms with van der Waals surface area (Å²) in [6.07, 6.45) is -2.40. The van der Waals surface area contributed by atoms with E-state index in [0.29, 0.717) is 6.54 Å². The van der Waals surface area contributed by atoms with E-state index in [2.05, 4.69) is 5.32 Å². The van der Waals surface area contributed by atoms with Gasteiger partial charge in [-0.15, -0.1) is 0 Å². The van der Waals surface area contributed by atoms with Crippen LogP contribution in [0.2, 0.25) is 0 Å². The van der Waals surface area contributed by atoms with Crippen LogP contribution < -0.4 is 5.32 Å². The minimum absolute atomic E-state index is 0.0944. The molecule has 1 aromatic heterocycles. The number of aliphatic hydroxyl groups excluding tert-OH is 1. The summed E-state index contributed by atoms with van der Waals surface area (Å²) in [6, 6.07) is 3.77. The summed E-state index contributed by atoms with van der Waals surface area (Å²) < 4.78 is 25.6. The number of hydrogen-bond donors (Lipinski definition) is 2. The van der Waals surface area contributed by atoms with E-state index in [1.54, 1.807) is 0 Å². The fraction of sp³-hybridized carbons (Fsp3) is 0.556. The van der Waals surface area contributed by atoms with Crippen molar-refractivity contribution in [1.82, 2.24) is 9.88 Å². The van der Waals surface area contributed by atoms with Crippen LogP contribution >= 0.6 is 0 Å². The third-order valence-electron chi connectivity index (χ3n) is 2.00. The van der Waals surface area contributed by atoms with Gasteiger partial charge >= 0.3 is 0 Å². The van der Waals surface area contributed by atoms with E-state index in [1.807, 2.05) is 29.9 Å². The van der Waals surface area contributed by atoms with Crippen molar-refractivity contribution in [3.05, 3.63) is 24.0 Å². The smallest absolute Gasteiger partial charge is 0.265 e. The molecule has 14 heavy (non-hydrogen) atoms. The predicted octanol–water partition coefficient (Wildman–Crippen LogP) is 0.741. The summed E-state index contributed by atoms with van der Waals surface area (Å²) in [5.41, 5.74) is 0.992. The molecular formula is C9H14F2N2O. The van der Waals surface area contributed by atoms with Crippen molar-refractivity contribution < 1.29 is 13.9 Å². The van der Waals surface area contributed by atoms with E-state index in [4.69, 9.17) is 5.11 Å². The van der Waals surface area contributed by atoms with Gasteiger partial charge in [0.1, 0.15) is 6.10 Å². The highest BCUT2D eigenvalue weighted by Crippen LogP contribution is 2.01. The largest absolute Gasteiger partial charge is 0.386 e. The Morgan fingerprint density at radius 3 is 2.79 bits per heavy atom. The highest BCUT2D eigenvalue weighted by molar-refractivity contribution is 5.05. The number of nitrogens with zero attached hydrogens (tertiary/aromatic N) is 1. The van der Waals surface area contributed by atoms with Crippen LogP contribution in [0.1, 0.15) is 5.69 Å². The maximum atomic E-state index is 11.9. The summed E-state index contributed by atoms with van der Waals surface area (Å²) in [4.78, 5) is 0. The van der Waals surface area contributed by atoms with Crippen molar-refractivity contribution in [3.63, 3.8) is 0 Å². The van der Waals surface area contributed by atoms with E-state index in [0.717, 1.165) is 5.69 Å². The zero-order valence-electron chi connectivity index (χ0n) is 7.95. The Kier molecular flexibility index (Phi) is 4.03. The van der Waals surface area contributed by atoms with Crippen molar-refractivity contribution in [2.75, 3.05) is 6.54 Å². The molecule has 0 spiro atoms. The van der Waals surface area contributed by atoms with Gasteiger partial charge in [-0.05, 0) is 12.1 Å². The van der Waals surface area contributed by atoms with Crippen LogP contribution in [-0.4, -0.2) is 28.7 Å². The number of nitrogens with one attached hydrogen (secondary N) is 1. The number of aromatic nitrogens is 1. The predicted molar refractivity (Wildman–Crippen MR) is 49.1 cm³/mol. The first-order valence-electron chi connectivity index (χ1n) is 4.38. The summed E-state index contributed by atoms with van der Waals surface area (Å²) in [7, 11) is 1.88. The molecule has 0 aliphatic heterocycles. The van der Waals surface area contributed by atoms with Crippen LogP contribution in [0.15, 0.2) is 18.3 Å². The lowest BCUT2D eigenvalue weighted by molar-refractivity contribution is -0.00346. The first-order chi connectivity index (χ1) is 6.61. The molecule has 0 radical (unpaired) electrons. The lowest BCUT2D eigenvalue weighted by atomic mass is 10.3. The third-order valence-corrected chi connectivity index (χ3v) is 2.00.